The van der Waals surface area contributed by atoms with E-state index in [0.29, 0.717) is 41.4 Å². The first-order chi connectivity index (χ1) is 22.3. The fourth-order valence-corrected chi connectivity index (χ4v) is 39.2. The molecule has 1 atom stereocenters. The molecule has 0 aliphatic heterocycles. The Labute approximate surface area is 314 Å². The molecular weight excluding hydrogens is 735 g/mol. The van der Waals surface area contributed by atoms with Gasteiger partial charge in [0.25, 0.3) is 30.0 Å². The van der Waals surface area contributed by atoms with Crippen LogP contribution in [0.25, 0.3) is 0 Å². The largest absolute Gasteiger partial charge is 0.449 e. The van der Waals surface area contributed by atoms with Crippen LogP contribution in [0.3, 0.4) is 0 Å². The van der Waals surface area contributed by atoms with Crippen LogP contribution in [0, 0.1) is 41.4 Å². The van der Waals surface area contributed by atoms with Gasteiger partial charge in [-0.05, 0) is 110 Å². The maximum Gasteiger partial charge on any atom is 0.320 e. The molecule has 0 bridgehead atoms. The van der Waals surface area contributed by atoms with E-state index in [9.17, 15) is 0 Å². The summed E-state index contributed by atoms with van der Waals surface area (Å²) >= 11 is 0. The SMILES string of the molecule is CNCCC[SiH](O[SiH2]O[SiH2]O[SiH2]O[SiH3])O[Si](CC(C)C)(CC(C)C)O[Si](CC(C)C)(CC(C)C)O[Si](CC(C)C)(CC(C)C)CC(C)C. The van der Waals surface area contributed by atoms with Crippen molar-refractivity contribution in [2.75, 3.05) is 13.6 Å². The van der Waals surface area contributed by atoms with E-state index in [1.165, 1.54) is 18.1 Å². The summed E-state index contributed by atoms with van der Waals surface area (Å²) in [6.45, 7) is 34.3. The first-order valence-electron chi connectivity index (χ1n) is 19.3. The van der Waals surface area contributed by atoms with Crippen LogP contribution in [0.4, 0.5) is 0 Å². The maximum atomic E-state index is 8.16. The van der Waals surface area contributed by atoms with E-state index in [4.69, 9.17) is 28.8 Å². The summed E-state index contributed by atoms with van der Waals surface area (Å²) in [5.74, 6) is 3.73. The fourth-order valence-electron chi connectivity index (χ4n) is 7.58. The lowest BCUT2D eigenvalue weighted by molar-refractivity contribution is 0.260. The Bertz CT molecular complexity index is 751. The Morgan fingerprint density at radius 1 is 0.562 bits per heavy atom. The van der Waals surface area contributed by atoms with Crippen molar-refractivity contribution >= 4 is 75.2 Å². The van der Waals surface area contributed by atoms with Gasteiger partial charge in [0.2, 0.25) is 0 Å². The summed E-state index contributed by atoms with van der Waals surface area (Å²) in [5, 5.41) is 3.34. The molecule has 1 N–H and O–H groups in total. The van der Waals surface area contributed by atoms with Crippen molar-refractivity contribution in [1.82, 2.24) is 5.32 Å². The molecule has 1 unspecified atom stereocenters. The van der Waals surface area contributed by atoms with E-state index < -0.39 is 64.7 Å². The second-order valence-corrected chi connectivity index (χ2v) is 37.9. The number of rotatable bonds is 31. The van der Waals surface area contributed by atoms with Crippen LogP contribution in [0.2, 0.25) is 48.4 Å². The minimum Gasteiger partial charge on any atom is -0.449 e. The maximum absolute atomic E-state index is 8.16. The van der Waals surface area contributed by atoms with E-state index in [2.05, 4.69) is 102 Å². The van der Waals surface area contributed by atoms with Gasteiger partial charge in [-0.25, -0.2) is 0 Å². The molecule has 0 heterocycles. The van der Waals surface area contributed by atoms with Gasteiger partial charge in [0.05, 0.1) is 0 Å². The van der Waals surface area contributed by atoms with Crippen LogP contribution in [-0.2, 0) is 28.8 Å². The molecule has 0 aliphatic rings. The molecule has 0 radical (unpaired) electrons. The predicted molar refractivity (Wildman–Crippen MR) is 228 cm³/mol. The molecule has 290 valence electrons. The second kappa shape index (κ2) is 26.2. The van der Waals surface area contributed by atoms with E-state index in [1.807, 2.05) is 7.05 Å². The van der Waals surface area contributed by atoms with Gasteiger partial charge in [0.15, 0.2) is 8.32 Å². The third kappa shape index (κ3) is 23.2. The molecule has 0 amide bonds. The highest BCUT2D eigenvalue weighted by Crippen LogP contribution is 2.43. The van der Waals surface area contributed by atoms with Gasteiger partial charge in [-0.1, -0.05) is 96.9 Å². The Hall–Kier alpha value is 1.42. The number of hydrogen-bond donors (Lipinski definition) is 1. The zero-order chi connectivity index (χ0) is 37.0. The fraction of sp³-hybridized carbons (Fsp3) is 1.00. The van der Waals surface area contributed by atoms with Crippen LogP contribution in [0.5, 0.6) is 0 Å². The summed E-state index contributed by atoms with van der Waals surface area (Å²) in [5.41, 5.74) is 0. The van der Waals surface area contributed by atoms with Crippen molar-refractivity contribution in [3.63, 3.8) is 0 Å². The standard InChI is InChI=1S/C32H83NO7Si8/c1-26(2)19-46(20-27(3)4,21-28(5)6)39-48(24-31(11)12,25-32(13)14)40-47(22-29(7)8,23-30(9)10)38-45(18-16-17-33-15)37-44-36-43-35-42-34-41/h26-33,45H,16-25,42-44H2,1-15,41H3. The third-order valence-corrected chi connectivity index (χ3v) is 33.8. The van der Waals surface area contributed by atoms with Crippen LogP contribution < -0.4 is 5.32 Å². The van der Waals surface area contributed by atoms with Gasteiger partial charge in [0, 0.05) is 0 Å². The highest BCUT2D eigenvalue weighted by Gasteiger charge is 2.55. The van der Waals surface area contributed by atoms with Crippen molar-refractivity contribution in [2.45, 2.75) is 152 Å². The predicted octanol–water partition coefficient (Wildman–Crippen LogP) is 5.63. The average molecular weight is 819 g/mol. The molecule has 0 saturated carbocycles. The lowest BCUT2D eigenvalue weighted by Crippen LogP contribution is -2.63. The molecule has 0 rings (SSSR count). The topological polar surface area (TPSA) is 76.6 Å². The summed E-state index contributed by atoms with van der Waals surface area (Å²) in [6, 6.07) is 8.59. The van der Waals surface area contributed by atoms with E-state index >= 15 is 0 Å². The molecule has 0 aliphatic carbocycles. The van der Waals surface area contributed by atoms with Gasteiger partial charge in [0.1, 0.15) is 10.5 Å². The minimum absolute atomic E-state index is 0.466. The molecule has 0 fully saturated rings. The molecule has 16 heteroatoms. The van der Waals surface area contributed by atoms with Crippen molar-refractivity contribution in [3.05, 3.63) is 0 Å². The summed E-state index contributed by atoms with van der Waals surface area (Å²) < 4.78 is 47.7. The highest BCUT2D eigenvalue weighted by molar-refractivity contribution is 6.90. The molecule has 0 aromatic heterocycles. The van der Waals surface area contributed by atoms with Crippen LogP contribution in [0.15, 0.2) is 0 Å². The monoisotopic (exact) mass is 817 g/mol. The quantitative estimate of drug-likeness (QED) is 0.0714. The number of nitrogens with one attached hydrogen (secondary N) is 1. The Morgan fingerprint density at radius 2 is 0.979 bits per heavy atom. The van der Waals surface area contributed by atoms with E-state index in [1.54, 1.807) is 0 Å². The van der Waals surface area contributed by atoms with Crippen molar-refractivity contribution in [1.29, 1.82) is 0 Å². The second-order valence-electron chi connectivity index (χ2n) is 17.4. The molecule has 8 nitrogen and oxygen atoms in total. The smallest absolute Gasteiger partial charge is 0.320 e. The third-order valence-electron chi connectivity index (χ3n) is 7.91. The zero-order valence-corrected chi connectivity index (χ0v) is 45.1. The lowest BCUT2D eigenvalue weighted by Gasteiger charge is -2.50. The summed E-state index contributed by atoms with van der Waals surface area (Å²) in [7, 11) is -10.1. The van der Waals surface area contributed by atoms with E-state index in [0.717, 1.165) is 53.7 Å². The highest BCUT2D eigenvalue weighted by atomic mass is 28.5. The van der Waals surface area contributed by atoms with E-state index in [-0.39, 0.29) is 0 Å². The molecule has 48 heavy (non-hydrogen) atoms. The number of hydrogen-bond acceptors (Lipinski definition) is 8. The molecule has 0 spiro atoms. The average Bonchev–Trinajstić information content (AvgIpc) is 2.87. The van der Waals surface area contributed by atoms with Gasteiger partial charge in [-0.3, -0.25) is 0 Å². The minimum atomic E-state index is -2.80. The van der Waals surface area contributed by atoms with Crippen molar-refractivity contribution in [3.8, 4) is 0 Å². The summed E-state index contributed by atoms with van der Waals surface area (Å²) in [4.78, 5) is 0. The van der Waals surface area contributed by atoms with Crippen LogP contribution in [-0.4, -0.2) is 88.8 Å². The Balaban J connectivity index is 7.25. The lowest BCUT2D eigenvalue weighted by atomic mass is 10.2. The molecule has 0 aromatic carbocycles. The zero-order valence-electron chi connectivity index (χ0n) is 34.7. The normalized spacial score (nSPS) is 15.1. The molecule has 0 aromatic rings. The van der Waals surface area contributed by atoms with Crippen molar-refractivity contribution < 1.29 is 28.8 Å². The summed E-state index contributed by atoms with van der Waals surface area (Å²) in [6.07, 6.45) is 1.04. The Morgan fingerprint density at radius 3 is 1.38 bits per heavy atom. The van der Waals surface area contributed by atoms with Crippen LogP contribution >= 0.6 is 0 Å². The van der Waals surface area contributed by atoms with Gasteiger partial charge < -0.3 is 34.1 Å². The van der Waals surface area contributed by atoms with Gasteiger partial charge in [-0.15, -0.1) is 0 Å². The van der Waals surface area contributed by atoms with Gasteiger partial charge >= 0.3 is 26.4 Å². The van der Waals surface area contributed by atoms with Crippen LogP contribution in [0.1, 0.15) is 103 Å². The molecular formula is C32H83NO7Si8. The first-order valence-corrected chi connectivity index (χ1v) is 32.3. The molecule has 0 saturated heterocycles. The van der Waals surface area contributed by atoms with Gasteiger partial charge in [-0.2, -0.15) is 0 Å². The van der Waals surface area contributed by atoms with Crippen molar-refractivity contribution in [2.24, 2.45) is 41.4 Å². The first kappa shape index (κ1) is 49.4. The Kier molecular flexibility index (Phi) is 27.0.